The van der Waals surface area contributed by atoms with Crippen LogP contribution in [0.3, 0.4) is 0 Å². The number of thiazole rings is 1. The van der Waals surface area contributed by atoms with Gasteiger partial charge in [-0.3, -0.25) is 9.59 Å². The van der Waals surface area contributed by atoms with Gasteiger partial charge in [0.2, 0.25) is 0 Å². The van der Waals surface area contributed by atoms with Gasteiger partial charge < -0.3 is 19.5 Å². The number of aryl methyl sites for hydroxylation is 3. The van der Waals surface area contributed by atoms with Gasteiger partial charge in [-0.05, 0) is 38.8 Å². The molecule has 35 heavy (non-hydrogen) atoms. The molecule has 5 heterocycles. The van der Waals surface area contributed by atoms with E-state index in [0.29, 0.717) is 13.0 Å². The quantitative estimate of drug-likeness (QED) is 0.524. The van der Waals surface area contributed by atoms with Crippen molar-refractivity contribution in [3.63, 3.8) is 0 Å². The summed E-state index contributed by atoms with van der Waals surface area (Å²) < 4.78 is 8.09. The van der Waals surface area contributed by atoms with E-state index in [0.717, 1.165) is 58.6 Å². The van der Waals surface area contributed by atoms with E-state index in [-0.39, 0.29) is 41.1 Å². The number of amides is 2. The van der Waals surface area contributed by atoms with Gasteiger partial charge >= 0.3 is 0 Å². The molecule has 0 aromatic carbocycles. The number of imidazole rings is 1. The fourth-order valence-electron chi connectivity index (χ4n) is 4.90. The summed E-state index contributed by atoms with van der Waals surface area (Å²) in [7, 11) is 1.52. The summed E-state index contributed by atoms with van der Waals surface area (Å²) in [5.41, 5.74) is 3.31. The van der Waals surface area contributed by atoms with Crippen LogP contribution in [-0.2, 0) is 24.2 Å². The molecule has 184 valence electrons. The lowest BCUT2D eigenvalue weighted by Crippen LogP contribution is -2.43. The molecular weight excluding hydrogens is 488 g/mol. The Bertz CT molecular complexity index is 1300. The number of hydrogen-bond acceptors (Lipinski definition) is 7. The Balaban J connectivity index is 1.43. The molecule has 2 aliphatic heterocycles. The Labute approximate surface area is 212 Å². The number of carbonyl (C=O) groups is 2. The van der Waals surface area contributed by atoms with Crippen molar-refractivity contribution in [3.05, 3.63) is 55.8 Å². The predicted octanol–water partition coefficient (Wildman–Crippen LogP) is 3.25. The molecule has 0 spiro atoms. The van der Waals surface area contributed by atoms with E-state index in [1.54, 1.807) is 17.4 Å². The topological polar surface area (TPSA) is 102 Å². The van der Waals surface area contributed by atoms with Crippen LogP contribution in [0.25, 0.3) is 0 Å². The van der Waals surface area contributed by atoms with Crippen molar-refractivity contribution in [2.45, 2.75) is 52.1 Å². The molecule has 3 aromatic rings. The van der Waals surface area contributed by atoms with Crippen LogP contribution in [0.1, 0.15) is 62.2 Å². The maximum atomic E-state index is 13.5. The van der Waals surface area contributed by atoms with Gasteiger partial charge in [0.15, 0.2) is 17.5 Å². The van der Waals surface area contributed by atoms with Crippen molar-refractivity contribution in [1.82, 2.24) is 29.7 Å². The Kier molecular flexibility index (Phi) is 6.50. The van der Waals surface area contributed by atoms with Crippen molar-refractivity contribution in [2.75, 3.05) is 20.2 Å². The SMILES string of the molecule is CNC(=O)c1ccc(OCC(=O)N2CCc3nc4n(c3C2c2sc(C)nc2C)CCCC4)c(Cl)n1. The van der Waals surface area contributed by atoms with Crippen LogP contribution in [0.2, 0.25) is 5.15 Å². The van der Waals surface area contributed by atoms with E-state index in [4.69, 9.17) is 21.3 Å². The van der Waals surface area contributed by atoms with Crippen LogP contribution in [0.4, 0.5) is 0 Å². The van der Waals surface area contributed by atoms with E-state index in [1.165, 1.54) is 13.1 Å². The number of nitrogens with zero attached hydrogens (tertiary/aromatic N) is 5. The molecule has 1 unspecified atom stereocenters. The van der Waals surface area contributed by atoms with E-state index in [1.807, 2.05) is 18.7 Å². The molecule has 9 nitrogen and oxygen atoms in total. The average Bonchev–Trinajstić information content (AvgIpc) is 3.40. The summed E-state index contributed by atoms with van der Waals surface area (Å²) in [4.78, 5) is 41.9. The molecule has 1 atom stereocenters. The predicted molar refractivity (Wildman–Crippen MR) is 132 cm³/mol. The van der Waals surface area contributed by atoms with Crippen LogP contribution in [0.5, 0.6) is 5.75 Å². The van der Waals surface area contributed by atoms with Gasteiger partial charge in [-0.1, -0.05) is 11.6 Å². The van der Waals surface area contributed by atoms with Crippen molar-refractivity contribution in [1.29, 1.82) is 0 Å². The number of aromatic nitrogens is 4. The molecule has 2 amide bonds. The van der Waals surface area contributed by atoms with E-state index < -0.39 is 0 Å². The Morgan fingerprint density at radius 3 is 2.71 bits per heavy atom. The molecule has 11 heteroatoms. The third kappa shape index (κ3) is 4.40. The number of rotatable bonds is 5. The average molecular weight is 515 g/mol. The van der Waals surface area contributed by atoms with Crippen molar-refractivity contribution >= 4 is 34.8 Å². The molecule has 0 fully saturated rings. The monoisotopic (exact) mass is 514 g/mol. The lowest BCUT2D eigenvalue weighted by atomic mass is 9.99. The van der Waals surface area contributed by atoms with Gasteiger partial charge in [-0.25, -0.2) is 15.0 Å². The number of carbonyl (C=O) groups excluding carboxylic acids is 2. The van der Waals surface area contributed by atoms with Gasteiger partial charge in [0.25, 0.3) is 11.8 Å². The first kappa shape index (κ1) is 23.7. The second-order valence-corrected chi connectivity index (χ2v) is 10.3. The minimum Gasteiger partial charge on any atom is -0.481 e. The number of ether oxygens (including phenoxy) is 1. The lowest BCUT2D eigenvalue weighted by molar-refractivity contribution is -0.135. The van der Waals surface area contributed by atoms with Crippen LogP contribution in [0, 0.1) is 13.8 Å². The van der Waals surface area contributed by atoms with Crippen LogP contribution in [-0.4, -0.2) is 56.4 Å². The van der Waals surface area contributed by atoms with E-state index in [2.05, 4.69) is 19.9 Å². The molecule has 5 rings (SSSR count). The third-order valence-electron chi connectivity index (χ3n) is 6.49. The van der Waals surface area contributed by atoms with Gasteiger partial charge in [0.05, 0.1) is 27.0 Å². The van der Waals surface area contributed by atoms with E-state index >= 15 is 0 Å². The number of pyridine rings is 1. The molecule has 0 bridgehead atoms. The molecule has 1 N–H and O–H groups in total. The minimum absolute atomic E-state index is 0.0372. The zero-order valence-electron chi connectivity index (χ0n) is 19.9. The number of nitrogens with one attached hydrogen (secondary N) is 1. The number of fused-ring (bicyclic) bond motifs is 3. The molecular formula is C24H27ClN6O3S. The Morgan fingerprint density at radius 2 is 2.00 bits per heavy atom. The standard InChI is InChI=1S/C24H27ClN6O3S/c1-13-22(35-14(2)27-13)21-20-15(28-18-6-4-5-10-30(18)20)9-11-31(21)19(32)12-34-17-8-7-16(24(33)26-3)29-23(17)25/h7-8,21H,4-6,9-12H2,1-3H3,(H,26,33). The van der Waals surface area contributed by atoms with Crippen molar-refractivity contribution in [2.24, 2.45) is 0 Å². The van der Waals surface area contributed by atoms with Gasteiger partial charge in [0.1, 0.15) is 17.6 Å². The summed E-state index contributed by atoms with van der Waals surface area (Å²) >= 11 is 7.85. The second-order valence-electron chi connectivity index (χ2n) is 8.74. The molecule has 0 saturated carbocycles. The zero-order valence-corrected chi connectivity index (χ0v) is 21.5. The number of hydrogen-bond donors (Lipinski definition) is 1. The van der Waals surface area contributed by atoms with Crippen molar-refractivity contribution in [3.8, 4) is 5.75 Å². The third-order valence-corrected chi connectivity index (χ3v) is 7.88. The van der Waals surface area contributed by atoms with Crippen LogP contribution >= 0.6 is 22.9 Å². The zero-order chi connectivity index (χ0) is 24.7. The molecule has 3 aromatic heterocycles. The van der Waals surface area contributed by atoms with Gasteiger partial charge in [-0.15, -0.1) is 11.3 Å². The maximum Gasteiger partial charge on any atom is 0.269 e. The summed E-state index contributed by atoms with van der Waals surface area (Å²) in [6.45, 7) is 5.27. The fourth-order valence-corrected chi connectivity index (χ4v) is 6.15. The summed E-state index contributed by atoms with van der Waals surface area (Å²) in [6.07, 6.45) is 3.92. The molecule has 0 aliphatic carbocycles. The Hall–Kier alpha value is -2.98. The van der Waals surface area contributed by atoms with Gasteiger partial charge in [-0.2, -0.15) is 0 Å². The first-order valence-corrected chi connectivity index (χ1v) is 12.9. The Morgan fingerprint density at radius 1 is 1.17 bits per heavy atom. The maximum absolute atomic E-state index is 13.5. The molecule has 0 saturated heterocycles. The first-order valence-electron chi connectivity index (χ1n) is 11.7. The van der Waals surface area contributed by atoms with Crippen molar-refractivity contribution < 1.29 is 14.3 Å². The summed E-state index contributed by atoms with van der Waals surface area (Å²) in [5.74, 6) is 0.878. The molecule has 2 aliphatic rings. The highest BCUT2D eigenvalue weighted by Crippen LogP contribution is 2.41. The minimum atomic E-state index is -0.346. The van der Waals surface area contributed by atoms with Crippen LogP contribution < -0.4 is 10.1 Å². The molecule has 0 radical (unpaired) electrons. The fraction of sp³-hybridized carbons (Fsp3) is 0.458. The second kappa shape index (κ2) is 9.58. The normalized spacial score (nSPS) is 17.0. The smallest absolute Gasteiger partial charge is 0.269 e. The first-order chi connectivity index (χ1) is 16.9. The summed E-state index contributed by atoms with van der Waals surface area (Å²) in [6, 6.07) is 2.83. The lowest BCUT2D eigenvalue weighted by Gasteiger charge is -2.36. The van der Waals surface area contributed by atoms with Crippen LogP contribution in [0.15, 0.2) is 12.1 Å². The van der Waals surface area contributed by atoms with E-state index in [9.17, 15) is 9.59 Å². The highest BCUT2D eigenvalue weighted by atomic mass is 35.5. The van der Waals surface area contributed by atoms with Gasteiger partial charge in [0, 0.05) is 33.0 Å². The highest BCUT2D eigenvalue weighted by Gasteiger charge is 2.39. The largest absolute Gasteiger partial charge is 0.481 e. The summed E-state index contributed by atoms with van der Waals surface area (Å²) in [5, 5.41) is 3.51. The number of halogens is 1. The highest BCUT2D eigenvalue weighted by molar-refractivity contribution is 7.11.